The van der Waals surface area contributed by atoms with Crippen LogP contribution in [0.25, 0.3) is 0 Å². The van der Waals surface area contributed by atoms with Gasteiger partial charge in [0.2, 0.25) is 0 Å². The summed E-state index contributed by atoms with van der Waals surface area (Å²) < 4.78 is 9.05. The molecule has 0 aliphatic carbocycles. The molecular weight excluding hydrogens is 342 g/mol. The number of methoxy groups -OCH3 is 2. The Hall–Kier alpha value is -1.89. The summed E-state index contributed by atoms with van der Waals surface area (Å²) >= 11 is 3.31. The molecule has 6 nitrogen and oxygen atoms in total. The first-order valence-corrected chi connectivity index (χ1v) is 7.21. The topological polar surface area (TPSA) is 72.9 Å². The molecule has 0 bridgehead atoms. The van der Waals surface area contributed by atoms with Crippen molar-refractivity contribution in [2.24, 2.45) is 0 Å². The van der Waals surface area contributed by atoms with Crippen molar-refractivity contribution < 1.29 is 23.9 Å². The highest BCUT2D eigenvalue weighted by atomic mass is 79.9. The third kappa shape index (κ3) is 5.18. The fourth-order valence-electron chi connectivity index (χ4n) is 1.56. The van der Waals surface area contributed by atoms with E-state index in [2.05, 4.69) is 25.4 Å². The molecule has 0 heterocycles. The minimum Gasteiger partial charge on any atom is -0.468 e. The summed E-state index contributed by atoms with van der Waals surface area (Å²) in [5.74, 6) is -1.65. The smallest absolute Gasteiger partial charge is 0.325 e. The zero-order chi connectivity index (χ0) is 15.8. The van der Waals surface area contributed by atoms with Crippen LogP contribution in [-0.2, 0) is 24.4 Å². The quantitative estimate of drug-likeness (QED) is 0.567. The Kier molecular flexibility index (Phi) is 6.87. The molecule has 0 N–H and O–H groups in total. The fraction of sp³-hybridized carbons (Fsp3) is 0.357. The molecule has 0 radical (unpaired) electrons. The van der Waals surface area contributed by atoms with Crippen LogP contribution in [-0.4, -0.2) is 50.1 Å². The lowest BCUT2D eigenvalue weighted by Gasteiger charge is -2.20. The largest absolute Gasteiger partial charge is 0.468 e. The molecular formula is C14H16BrNO5. The Morgan fingerprint density at radius 3 is 1.86 bits per heavy atom. The van der Waals surface area contributed by atoms with E-state index in [1.165, 1.54) is 14.2 Å². The summed E-state index contributed by atoms with van der Waals surface area (Å²) in [5.41, 5.74) is 1.39. The standard InChI is InChI=1S/C14H16BrNO5/c1-20-12(17)8-16(9-13(18)21-2)14(19)11-5-3-10(7-15)4-6-11/h3-6H,7-9H2,1-2H3. The Balaban J connectivity index is 2.91. The molecule has 0 unspecified atom stereocenters. The van der Waals surface area contributed by atoms with E-state index < -0.39 is 17.8 Å². The molecule has 0 spiro atoms. The highest BCUT2D eigenvalue weighted by Crippen LogP contribution is 2.10. The van der Waals surface area contributed by atoms with Crippen molar-refractivity contribution in [2.45, 2.75) is 5.33 Å². The van der Waals surface area contributed by atoms with Gasteiger partial charge in [0.1, 0.15) is 13.1 Å². The third-order valence-corrected chi connectivity index (χ3v) is 3.39. The second-order valence-electron chi connectivity index (χ2n) is 4.14. The van der Waals surface area contributed by atoms with Gasteiger partial charge in [0, 0.05) is 10.9 Å². The van der Waals surface area contributed by atoms with Gasteiger partial charge >= 0.3 is 11.9 Å². The predicted molar refractivity (Wildman–Crippen MR) is 79.0 cm³/mol. The van der Waals surface area contributed by atoms with Gasteiger partial charge in [-0.1, -0.05) is 28.1 Å². The summed E-state index contributed by atoms with van der Waals surface area (Å²) in [7, 11) is 2.43. The van der Waals surface area contributed by atoms with Crippen molar-refractivity contribution in [1.82, 2.24) is 4.90 Å². The summed E-state index contributed by atoms with van der Waals surface area (Å²) in [6, 6.07) is 6.86. The second kappa shape index (κ2) is 8.41. The molecule has 0 saturated heterocycles. The summed E-state index contributed by atoms with van der Waals surface area (Å²) in [5, 5.41) is 0.676. The van der Waals surface area contributed by atoms with Gasteiger partial charge in [-0.05, 0) is 17.7 Å². The molecule has 0 saturated carbocycles. The predicted octanol–water partition coefficient (Wildman–Crippen LogP) is 1.37. The van der Waals surface area contributed by atoms with Gasteiger partial charge in [-0.3, -0.25) is 14.4 Å². The maximum atomic E-state index is 12.3. The molecule has 0 aromatic heterocycles. The van der Waals surface area contributed by atoms with Crippen molar-refractivity contribution in [3.63, 3.8) is 0 Å². The van der Waals surface area contributed by atoms with Crippen LogP contribution >= 0.6 is 15.9 Å². The van der Waals surface area contributed by atoms with Gasteiger partial charge in [0.15, 0.2) is 0 Å². The number of amides is 1. The number of carbonyl (C=O) groups excluding carboxylic acids is 3. The van der Waals surface area contributed by atoms with E-state index in [9.17, 15) is 14.4 Å². The number of carbonyl (C=O) groups is 3. The maximum Gasteiger partial charge on any atom is 0.325 e. The molecule has 1 amide bonds. The molecule has 0 aliphatic rings. The van der Waals surface area contributed by atoms with Crippen LogP contribution in [0.5, 0.6) is 0 Å². The van der Waals surface area contributed by atoms with Gasteiger partial charge in [-0.15, -0.1) is 0 Å². The number of alkyl halides is 1. The van der Waals surface area contributed by atoms with Crippen molar-refractivity contribution in [2.75, 3.05) is 27.3 Å². The van der Waals surface area contributed by atoms with E-state index in [1.54, 1.807) is 24.3 Å². The van der Waals surface area contributed by atoms with Crippen LogP contribution < -0.4 is 0 Å². The second-order valence-corrected chi connectivity index (χ2v) is 4.70. The molecule has 1 aromatic rings. The number of halogens is 1. The first-order valence-electron chi connectivity index (χ1n) is 6.09. The number of hydrogen-bond donors (Lipinski definition) is 0. The lowest BCUT2D eigenvalue weighted by atomic mass is 10.1. The van der Waals surface area contributed by atoms with Crippen LogP contribution in [0, 0.1) is 0 Å². The van der Waals surface area contributed by atoms with E-state index in [-0.39, 0.29) is 13.1 Å². The molecule has 114 valence electrons. The van der Waals surface area contributed by atoms with Crippen molar-refractivity contribution >= 4 is 33.8 Å². The normalized spacial score (nSPS) is 9.86. The average molecular weight is 358 g/mol. The van der Waals surface area contributed by atoms with Crippen LogP contribution in [0.3, 0.4) is 0 Å². The zero-order valence-electron chi connectivity index (χ0n) is 11.8. The number of hydrogen-bond acceptors (Lipinski definition) is 5. The Labute approximate surface area is 131 Å². The Bertz CT molecular complexity index is 497. The van der Waals surface area contributed by atoms with E-state index in [0.29, 0.717) is 10.9 Å². The zero-order valence-corrected chi connectivity index (χ0v) is 13.4. The van der Waals surface area contributed by atoms with Crippen LogP contribution in [0.4, 0.5) is 0 Å². The molecule has 7 heteroatoms. The first-order chi connectivity index (χ1) is 10.0. The minimum absolute atomic E-state index is 0.315. The van der Waals surface area contributed by atoms with E-state index in [4.69, 9.17) is 0 Å². The maximum absolute atomic E-state index is 12.3. The average Bonchev–Trinajstić information content (AvgIpc) is 2.53. The number of nitrogens with zero attached hydrogens (tertiary/aromatic N) is 1. The fourth-order valence-corrected chi connectivity index (χ4v) is 1.93. The van der Waals surface area contributed by atoms with Crippen molar-refractivity contribution in [1.29, 1.82) is 0 Å². The number of rotatable bonds is 6. The lowest BCUT2D eigenvalue weighted by molar-refractivity contribution is -0.144. The third-order valence-electron chi connectivity index (χ3n) is 2.74. The van der Waals surface area contributed by atoms with Gasteiger partial charge in [-0.2, -0.15) is 0 Å². The molecule has 1 rings (SSSR count). The SMILES string of the molecule is COC(=O)CN(CC(=O)OC)C(=O)c1ccc(CBr)cc1. The van der Waals surface area contributed by atoms with E-state index in [0.717, 1.165) is 10.5 Å². The first kappa shape index (κ1) is 17.2. The highest BCUT2D eigenvalue weighted by Gasteiger charge is 2.22. The van der Waals surface area contributed by atoms with Gasteiger partial charge in [0.05, 0.1) is 14.2 Å². The van der Waals surface area contributed by atoms with Crippen LogP contribution in [0.2, 0.25) is 0 Å². The van der Waals surface area contributed by atoms with E-state index in [1.807, 2.05) is 0 Å². The summed E-state index contributed by atoms with van der Waals surface area (Å²) in [6.45, 7) is -0.630. The van der Waals surface area contributed by atoms with Gasteiger partial charge in [-0.25, -0.2) is 0 Å². The number of benzene rings is 1. The molecule has 0 fully saturated rings. The van der Waals surface area contributed by atoms with Crippen LogP contribution in [0.15, 0.2) is 24.3 Å². The molecule has 0 atom stereocenters. The van der Waals surface area contributed by atoms with Gasteiger partial charge in [0.25, 0.3) is 5.91 Å². The summed E-state index contributed by atoms with van der Waals surface area (Å²) in [6.07, 6.45) is 0. The van der Waals surface area contributed by atoms with Crippen molar-refractivity contribution in [3.8, 4) is 0 Å². The highest BCUT2D eigenvalue weighted by molar-refractivity contribution is 9.08. The van der Waals surface area contributed by atoms with Gasteiger partial charge < -0.3 is 14.4 Å². The van der Waals surface area contributed by atoms with Crippen LogP contribution in [0.1, 0.15) is 15.9 Å². The Morgan fingerprint density at radius 2 is 1.48 bits per heavy atom. The number of esters is 2. The molecule has 1 aromatic carbocycles. The number of ether oxygens (including phenoxy) is 2. The monoisotopic (exact) mass is 357 g/mol. The lowest BCUT2D eigenvalue weighted by Crippen LogP contribution is -2.40. The molecule has 0 aliphatic heterocycles. The molecule has 21 heavy (non-hydrogen) atoms. The summed E-state index contributed by atoms with van der Waals surface area (Å²) in [4.78, 5) is 36.1. The van der Waals surface area contributed by atoms with Crippen molar-refractivity contribution in [3.05, 3.63) is 35.4 Å². The minimum atomic E-state index is -0.607. The Morgan fingerprint density at radius 1 is 1.00 bits per heavy atom. The van der Waals surface area contributed by atoms with E-state index >= 15 is 0 Å².